The minimum absolute atomic E-state index is 0.130. The molecular formula is C21H19N3O4. The molecule has 0 aliphatic rings. The number of hydrogen-bond donors (Lipinski definition) is 1. The second-order valence-electron chi connectivity index (χ2n) is 6.20. The van der Waals surface area contributed by atoms with Gasteiger partial charge in [-0.15, -0.1) is 6.42 Å². The minimum atomic E-state index is -0.513. The zero-order valence-electron chi connectivity index (χ0n) is 15.6. The molecular weight excluding hydrogens is 358 g/mol. The van der Waals surface area contributed by atoms with E-state index in [1.54, 1.807) is 26.3 Å². The molecule has 0 aliphatic heterocycles. The van der Waals surface area contributed by atoms with E-state index < -0.39 is 11.2 Å². The molecule has 0 aliphatic carbocycles. The van der Waals surface area contributed by atoms with Gasteiger partial charge in [-0.2, -0.15) is 0 Å². The molecule has 0 atom stereocenters. The number of terminal acetylenes is 1. The van der Waals surface area contributed by atoms with E-state index in [1.807, 2.05) is 24.3 Å². The topological polar surface area (TPSA) is 82.3 Å². The summed E-state index contributed by atoms with van der Waals surface area (Å²) in [6.07, 6.45) is 5.25. The molecule has 2 aromatic carbocycles. The summed E-state index contributed by atoms with van der Waals surface area (Å²) in [5.74, 6) is 2.71. The minimum Gasteiger partial charge on any atom is -0.497 e. The molecule has 3 rings (SSSR count). The number of carbonyl (C=O) groups is 1. The fourth-order valence-electron chi connectivity index (χ4n) is 2.92. The third kappa shape index (κ3) is 3.53. The van der Waals surface area contributed by atoms with E-state index in [0.29, 0.717) is 17.6 Å². The third-order valence-electron chi connectivity index (χ3n) is 4.48. The van der Waals surface area contributed by atoms with Gasteiger partial charge >= 0.3 is 5.69 Å². The van der Waals surface area contributed by atoms with Crippen LogP contribution < -0.4 is 21.3 Å². The third-order valence-corrected chi connectivity index (χ3v) is 4.48. The summed E-state index contributed by atoms with van der Waals surface area (Å²) in [6.45, 7) is 0.199. The number of aryl methyl sites for hydroxylation is 1. The van der Waals surface area contributed by atoms with Crippen LogP contribution in [-0.2, 0) is 20.1 Å². The van der Waals surface area contributed by atoms with Gasteiger partial charge in [-0.05, 0) is 35.9 Å². The summed E-state index contributed by atoms with van der Waals surface area (Å²) in [4.78, 5) is 37.4. The lowest BCUT2D eigenvalue weighted by Gasteiger charge is -2.10. The molecule has 1 aromatic heterocycles. The number of amides is 1. The lowest BCUT2D eigenvalue weighted by Crippen LogP contribution is -2.39. The monoisotopic (exact) mass is 377 g/mol. The molecule has 142 valence electrons. The van der Waals surface area contributed by atoms with Gasteiger partial charge in [-0.1, -0.05) is 18.1 Å². The summed E-state index contributed by atoms with van der Waals surface area (Å²) in [6, 6.07) is 12.0. The summed E-state index contributed by atoms with van der Waals surface area (Å²) in [5.41, 5.74) is 0.667. The van der Waals surface area contributed by atoms with Crippen LogP contribution in [0.5, 0.6) is 5.75 Å². The summed E-state index contributed by atoms with van der Waals surface area (Å²) < 4.78 is 7.42. The quantitative estimate of drug-likeness (QED) is 0.679. The van der Waals surface area contributed by atoms with Crippen LogP contribution in [0.15, 0.2) is 52.1 Å². The maximum atomic E-state index is 12.6. The Morgan fingerprint density at radius 3 is 2.54 bits per heavy atom. The van der Waals surface area contributed by atoms with Gasteiger partial charge in [0.2, 0.25) is 0 Å². The van der Waals surface area contributed by atoms with Gasteiger partial charge in [0.05, 0.1) is 24.6 Å². The molecule has 7 heteroatoms. The molecule has 0 unspecified atom stereocenters. The van der Waals surface area contributed by atoms with Crippen LogP contribution in [0.25, 0.3) is 10.9 Å². The van der Waals surface area contributed by atoms with Gasteiger partial charge < -0.3 is 10.1 Å². The van der Waals surface area contributed by atoms with Crippen LogP contribution in [-0.4, -0.2) is 22.2 Å². The molecule has 1 heterocycles. The molecule has 7 nitrogen and oxygen atoms in total. The molecule has 0 bridgehead atoms. The number of rotatable bonds is 5. The van der Waals surface area contributed by atoms with E-state index in [-0.39, 0.29) is 17.8 Å². The number of nitrogens with one attached hydrogen (secondary N) is 1. The maximum Gasteiger partial charge on any atom is 0.332 e. The van der Waals surface area contributed by atoms with Crippen LogP contribution in [0.1, 0.15) is 15.9 Å². The number of benzene rings is 2. The van der Waals surface area contributed by atoms with Crippen molar-refractivity contribution in [2.75, 3.05) is 7.11 Å². The van der Waals surface area contributed by atoms with Gasteiger partial charge in [0.25, 0.3) is 11.5 Å². The Kier molecular flexibility index (Phi) is 5.32. The predicted octanol–water partition coefficient (Wildman–Crippen LogP) is 1.27. The van der Waals surface area contributed by atoms with Crippen LogP contribution in [0.2, 0.25) is 0 Å². The van der Waals surface area contributed by atoms with E-state index in [9.17, 15) is 14.4 Å². The number of fused-ring (bicyclic) bond motifs is 1. The first kappa shape index (κ1) is 19.0. The van der Waals surface area contributed by atoms with E-state index in [2.05, 4.69) is 11.2 Å². The first-order valence-corrected chi connectivity index (χ1v) is 8.54. The highest BCUT2D eigenvalue weighted by Gasteiger charge is 2.13. The maximum absolute atomic E-state index is 12.6. The number of aromatic nitrogens is 2. The van der Waals surface area contributed by atoms with Gasteiger partial charge in [0.15, 0.2) is 0 Å². The van der Waals surface area contributed by atoms with Crippen molar-refractivity contribution in [2.24, 2.45) is 7.05 Å². The van der Waals surface area contributed by atoms with Crippen molar-refractivity contribution in [2.45, 2.75) is 13.1 Å². The first-order valence-electron chi connectivity index (χ1n) is 8.54. The number of carbonyl (C=O) groups excluding carboxylic acids is 1. The van der Waals surface area contributed by atoms with Crippen LogP contribution in [0, 0.1) is 12.3 Å². The second-order valence-corrected chi connectivity index (χ2v) is 6.20. The fourth-order valence-corrected chi connectivity index (χ4v) is 2.92. The van der Waals surface area contributed by atoms with Crippen LogP contribution >= 0.6 is 0 Å². The number of ether oxygens (including phenoxy) is 1. The average Bonchev–Trinajstić information content (AvgIpc) is 2.73. The molecule has 0 saturated carbocycles. The van der Waals surface area contributed by atoms with Crippen molar-refractivity contribution in [1.82, 2.24) is 14.5 Å². The van der Waals surface area contributed by atoms with Crippen LogP contribution in [0.4, 0.5) is 0 Å². The number of methoxy groups -OCH3 is 1. The van der Waals surface area contributed by atoms with E-state index in [1.165, 1.54) is 10.6 Å². The van der Waals surface area contributed by atoms with Crippen LogP contribution in [0.3, 0.4) is 0 Å². The molecule has 0 saturated heterocycles. The van der Waals surface area contributed by atoms with Crippen molar-refractivity contribution >= 4 is 16.8 Å². The van der Waals surface area contributed by atoms with Crippen molar-refractivity contribution in [3.8, 4) is 18.1 Å². The molecule has 28 heavy (non-hydrogen) atoms. The molecule has 1 N–H and O–H groups in total. The van der Waals surface area contributed by atoms with Crippen molar-refractivity contribution < 1.29 is 9.53 Å². The van der Waals surface area contributed by atoms with E-state index >= 15 is 0 Å². The Labute approximate surface area is 161 Å². The van der Waals surface area contributed by atoms with Gasteiger partial charge in [-0.25, -0.2) is 9.36 Å². The fraction of sp³-hybridized carbons (Fsp3) is 0.190. The van der Waals surface area contributed by atoms with E-state index in [4.69, 9.17) is 11.2 Å². The largest absolute Gasteiger partial charge is 0.497 e. The Hall–Kier alpha value is -3.79. The predicted molar refractivity (Wildman–Crippen MR) is 106 cm³/mol. The summed E-state index contributed by atoms with van der Waals surface area (Å²) in [5, 5.41) is 3.07. The zero-order chi connectivity index (χ0) is 20.3. The van der Waals surface area contributed by atoms with Gasteiger partial charge in [0, 0.05) is 19.2 Å². The first-order chi connectivity index (χ1) is 13.5. The highest BCUT2D eigenvalue weighted by molar-refractivity contribution is 5.97. The zero-order valence-corrected chi connectivity index (χ0v) is 15.6. The van der Waals surface area contributed by atoms with Crippen molar-refractivity contribution in [3.05, 3.63) is 74.4 Å². The van der Waals surface area contributed by atoms with Gasteiger partial charge in [0.1, 0.15) is 5.75 Å². The molecule has 0 radical (unpaired) electrons. The standard InChI is InChI=1S/C21H19N3O4/c1-4-11-24-20(26)17-12-15(7-10-18(17)23(2)21(24)27)19(25)22-13-14-5-8-16(28-3)9-6-14/h1,5-10,12H,11,13H2,2-3H3,(H,22,25). The van der Waals surface area contributed by atoms with Crippen molar-refractivity contribution in [3.63, 3.8) is 0 Å². The normalized spacial score (nSPS) is 10.5. The SMILES string of the molecule is C#CCn1c(=O)c2cc(C(=O)NCc3ccc(OC)cc3)ccc2n(C)c1=O. The Morgan fingerprint density at radius 2 is 1.89 bits per heavy atom. The number of nitrogens with zero attached hydrogens (tertiary/aromatic N) is 2. The lowest BCUT2D eigenvalue weighted by molar-refractivity contribution is 0.0951. The Morgan fingerprint density at radius 1 is 1.18 bits per heavy atom. The van der Waals surface area contributed by atoms with E-state index in [0.717, 1.165) is 15.9 Å². The molecule has 0 spiro atoms. The average molecular weight is 377 g/mol. The highest BCUT2D eigenvalue weighted by atomic mass is 16.5. The van der Waals surface area contributed by atoms with Crippen molar-refractivity contribution in [1.29, 1.82) is 0 Å². The molecule has 3 aromatic rings. The van der Waals surface area contributed by atoms with Gasteiger partial charge in [-0.3, -0.25) is 14.2 Å². The Bertz CT molecular complexity index is 1200. The summed E-state index contributed by atoms with van der Waals surface area (Å²) >= 11 is 0. The molecule has 0 fully saturated rings. The summed E-state index contributed by atoms with van der Waals surface area (Å²) in [7, 11) is 3.14. The Balaban J connectivity index is 1.90. The number of hydrogen-bond acceptors (Lipinski definition) is 4. The second kappa shape index (κ2) is 7.84. The lowest BCUT2D eigenvalue weighted by atomic mass is 10.1. The highest BCUT2D eigenvalue weighted by Crippen LogP contribution is 2.13. The smallest absolute Gasteiger partial charge is 0.332 e. The molecule has 1 amide bonds.